The van der Waals surface area contributed by atoms with Crippen LogP contribution in [0.25, 0.3) is 0 Å². The number of hydrogen-bond acceptors (Lipinski definition) is 4. The fourth-order valence-electron chi connectivity index (χ4n) is 2.42. The summed E-state index contributed by atoms with van der Waals surface area (Å²) in [6, 6.07) is 5.29. The van der Waals surface area contributed by atoms with E-state index in [0.717, 1.165) is 31.7 Å². The first-order valence-corrected chi connectivity index (χ1v) is 7.56. The van der Waals surface area contributed by atoms with Crippen LogP contribution in [0.3, 0.4) is 0 Å². The van der Waals surface area contributed by atoms with E-state index in [-0.39, 0.29) is 23.8 Å². The maximum absolute atomic E-state index is 12.2. The Hall–Kier alpha value is -2.18. The van der Waals surface area contributed by atoms with Gasteiger partial charge < -0.3 is 14.4 Å². The van der Waals surface area contributed by atoms with Crippen molar-refractivity contribution in [1.29, 1.82) is 0 Å². The van der Waals surface area contributed by atoms with Crippen molar-refractivity contribution in [2.45, 2.75) is 32.3 Å². The zero-order valence-electron chi connectivity index (χ0n) is 12.7. The molecule has 1 heterocycles. The molecule has 0 unspecified atom stereocenters. The zero-order chi connectivity index (χ0) is 16.7. The highest BCUT2D eigenvalue weighted by Gasteiger charge is 2.18. The van der Waals surface area contributed by atoms with Crippen molar-refractivity contribution >= 4 is 11.9 Å². The topological polar surface area (TPSA) is 55.8 Å². The van der Waals surface area contributed by atoms with Crippen molar-refractivity contribution in [3.8, 4) is 5.75 Å². The summed E-state index contributed by atoms with van der Waals surface area (Å²) >= 11 is 0. The first-order chi connectivity index (χ1) is 11.1. The molecular formula is C16H19F2NO4. The SMILES string of the molecule is O=C(OCC(=O)N1CCCCCC1)c1cccc(OC(F)F)c1. The van der Waals surface area contributed by atoms with Crippen LogP contribution < -0.4 is 4.74 Å². The van der Waals surface area contributed by atoms with Gasteiger partial charge in [-0.15, -0.1) is 0 Å². The minimum absolute atomic E-state index is 0.0619. The Balaban J connectivity index is 1.87. The monoisotopic (exact) mass is 327 g/mol. The quantitative estimate of drug-likeness (QED) is 0.781. The van der Waals surface area contributed by atoms with Crippen molar-refractivity contribution in [3.05, 3.63) is 29.8 Å². The van der Waals surface area contributed by atoms with Gasteiger partial charge in [-0.25, -0.2) is 4.79 Å². The van der Waals surface area contributed by atoms with Crippen LogP contribution in [0.5, 0.6) is 5.75 Å². The highest BCUT2D eigenvalue weighted by Crippen LogP contribution is 2.17. The van der Waals surface area contributed by atoms with Gasteiger partial charge in [0.15, 0.2) is 6.61 Å². The summed E-state index contributed by atoms with van der Waals surface area (Å²) in [5.41, 5.74) is 0.0619. The Morgan fingerprint density at radius 1 is 1.13 bits per heavy atom. The van der Waals surface area contributed by atoms with E-state index in [9.17, 15) is 18.4 Å². The second-order valence-corrected chi connectivity index (χ2v) is 5.28. The maximum Gasteiger partial charge on any atom is 0.387 e. The fourth-order valence-corrected chi connectivity index (χ4v) is 2.42. The van der Waals surface area contributed by atoms with Gasteiger partial charge in [0.2, 0.25) is 0 Å². The lowest BCUT2D eigenvalue weighted by Gasteiger charge is -2.19. The molecule has 1 fully saturated rings. The number of ether oxygens (including phenoxy) is 2. The van der Waals surface area contributed by atoms with Gasteiger partial charge in [0.1, 0.15) is 5.75 Å². The first-order valence-electron chi connectivity index (χ1n) is 7.56. The molecule has 2 rings (SSSR count). The summed E-state index contributed by atoms with van der Waals surface area (Å²) in [5.74, 6) is -1.11. The molecule has 0 aromatic heterocycles. The van der Waals surface area contributed by atoms with Crippen LogP contribution >= 0.6 is 0 Å². The predicted octanol–water partition coefficient (Wildman–Crippen LogP) is 2.85. The number of carbonyl (C=O) groups excluding carboxylic acids is 2. The van der Waals surface area contributed by atoms with Gasteiger partial charge >= 0.3 is 12.6 Å². The third-order valence-electron chi connectivity index (χ3n) is 3.58. The van der Waals surface area contributed by atoms with Crippen LogP contribution in [0.1, 0.15) is 36.0 Å². The van der Waals surface area contributed by atoms with Crippen LogP contribution in [-0.4, -0.2) is 43.1 Å². The molecule has 0 aliphatic carbocycles. The van der Waals surface area contributed by atoms with Gasteiger partial charge in [0.25, 0.3) is 5.91 Å². The molecule has 1 aliphatic heterocycles. The van der Waals surface area contributed by atoms with Crippen LogP contribution in [0.2, 0.25) is 0 Å². The molecular weight excluding hydrogens is 308 g/mol. The number of esters is 1. The Labute approximate surface area is 133 Å². The molecule has 1 aliphatic rings. The van der Waals surface area contributed by atoms with E-state index in [1.54, 1.807) is 4.90 Å². The van der Waals surface area contributed by atoms with Gasteiger partial charge in [0, 0.05) is 13.1 Å². The van der Waals surface area contributed by atoms with Gasteiger partial charge in [-0.3, -0.25) is 4.79 Å². The minimum atomic E-state index is -2.97. The number of nitrogens with zero attached hydrogens (tertiary/aromatic N) is 1. The molecule has 1 saturated heterocycles. The number of carbonyl (C=O) groups is 2. The van der Waals surface area contributed by atoms with Crippen molar-refractivity contribution in [1.82, 2.24) is 4.90 Å². The predicted molar refractivity (Wildman–Crippen MR) is 78.4 cm³/mol. The largest absolute Gasteiger partial charge is 0.452 e. The summed E-state index contributed by atoms with van der Waals surface area (Å²) < 4.78 is 33.5. The second kappa shape index (κ2) is 8.45. The maximum atomic E-state index is 12.2. The minimum Gasteiger partial charge on any atom is -0.452 e. The summed E-state index contributed by atoms with van der Waals surface area (Å²) in [6.07, 6.45) is 4.10. The van der Waals surface area contributed by atoms with E-state index in [1.165, 1.54) is 18.2 Å². The molecule has 0 atom stereocenters. The molecule has 1 amide bonds. The van der Waals surface area contributed by atoms with Crippen molar-refractivity contribution in [2.75, 3.05) is 19.7 Å². The second-order valence-electron chi connectivity index (χ2n) is 5.28. The van der Waals surface area contributed by atoms with Crippen molar-refractivity contribution < 1.29 is 27.8 Å². The van der Waals surface area contributed by atoms with E-state index in [4.69, 9.17) is 4.74 Å². The van der Waals surface area contributed by atoms with E-state index >= 15 is 0 Å². The van der Waals surface area contributed by atoms with Gasteiger partial charge in [-0.2, -0.15) is 8.78 Å². The third-order valence-corrected chi connectivity index (χ3v) is 3.58. The Morgan fingerprint density at radius 3 is 2.48 bits per heavy atom. The average molecular weight is 327 g/mol. The number of hydrogen-bond donors (Lipinski definition) is 0. The highest BCUT2D eigenvalue weighted by molar-refractivity contribution is 5.91. The van der Waals surface area contributed by atoms with Crippen LogP contribution in [0.15, 0.2) is 24.3 Å². The van der Waals surface area contributed by atoms with E-state index in [0.29, 0.717) is 13.1 Å². The molecule has 5 nitrogen and oxygen atoms in total. The van der Waals surface area contributed by atoms with Crippen molar-refractivity contribution in [3.63, 3.8) is 0 Å². The Bertz CT molecular complexity index is 543. The van der Waals surface area contributed by atoms with Gasteiger partial charge in [0.05, 0.1) is 5.56 Å². The fraction of sp³-hybridized carbons (Fsp3) is 0.500. The smallest absolute Gasteiger partial charge is 0.387 e. The number of halogens is 2. The summed E-state index contributed by atoms with van der Waals surface area (Å²) in [5, 5.41) is 0. The summed E-state index contributed by atoms with van der Waals surface area (Å²) in [7, 11) is 0. The molecule has 0 spiro atoms. The van der Waals surface area contributed by atoms with E-state index < -0.39 is 12.6 Å². The number of likely N-dealkylation sites (tertiary alicyclic amines) is 1. The molecule has 0 N–H and O–H groups in total. The van der Waals surface area contributed by atoms with E-state index in [1.807, 2.05) is 0 Å². The lowest BCUT2D eigenvalue weighted by atomic mass is 10.2. The molecule has 0 saturated carbocycles. The van der Waals surface area contributed by atoms with Crippen LogP contribution in [0, 0.1) is 0 Å². The molecule has 1 aromatic carbocycles. The standard InChI is InChI=1S/C16H19F2NO4/c17-16(18)23-13-7-5-6-12(10-13)15(21)22-11-14(20)19-8-3-1-2-4-9-19/h5-7,10,16H,1-4,8-9,11H2. The number of rotatable bonds is 5. The molecule has 7 heteroatoms. The van der Waals surface area contributed by atoms with Crippen molar-refractivity contribution in [2.24, 2.45) is 0 Å². The van der Waals surface area contributed by atoms with Crippen LogP contribution in [-0.2, 0) is 9.53 Å². The van der Waals surface area contributed by atoms with Crippen LogP contribution in [0.4, 0.5) is 8.78 Å². The summed E-state index contributed by atoms with van der Waals surface area (Å²) in [6.45, 7) is -1.97. The lowest BCUT2D eigenvalue weighted by molar-refractivity contribution is -0.134. The molecule has 23 heavy (non-hydrogen) atoms. The number of amides is 1. The zero-order valence-corrected chi connectivity index (χ0v) is 12.7. The Morgan fingerprint density at radius 2 is 1.83 bits per heavy atom. The number of alkyl halides is 2. The van der Waals surface area contributed by atoms with Gasteiger partial charge in [-0.05, 0) is 31.0 Å². The lowest BCUT2D eigenvalue weighted by Crippen LogP contribution is -2.35. The first kappa shape index (κ1) is 17.2. The number of benzene rings is 1. The molecule has 126 valence electrons. The molecule has 1 aromatic rings. The third kappa shape index (κ3) is 5.50. The highest BCUT2D eigenvalue weighted by atomic mass is 19.3. The van der Waals surface area contributed by atoms with E-state index in [2.05, 4.69) is 4.74 Å². The molecule has 0 radical (unpaired) electrons. The Kier molecular flexibility index (Phi) is 6.31. The summed E-state index contributed by atoms with van der Waals surface area (Å²) in [4.78, 5) is 25.6. The normalized spacial score (nSPS) is 15.2. The molecule has 0 bridgehead atoms. The average Bonchev–Trinajstić information content (AvgIpc) is 2.81. The van der Waals surface area contributed by atoms with Gasteiger partial charge in [-0.1, -0.05) is 18.9 Å².